The van der Waals surface area contributed by atoms with Gasteiger partial charge in [-0.15, -0.1) is 32.9 Å². The van der Waals surface area contributed by atoms with E-state index < -0.39 is 0 Å². The molecule has 0 unspecified atom stereocenters. The van der Waals surface area contributed by atoms with Crippen LogP contribution < -0.4 is 5.56 Å². The molecule has 0 spiro atoms. The average Bonchev–Trinajstić information content (AvgIpc) is 3.05. The molecule has 0 radical (unpaired) electrons. The SMILES string of the molecule is C[C@H](Sc1nnc(C2CC2)o1)c1nc2scc(-c3cccs3)c2c(=O)[nH]1. The molecule has 132 valence electrons. The number of hydrogen-bond acceptors (Lipinski definition) is 8. The number of thioether (sulfide) groups is 1. The Labute approximate surface area is 160 Å². The number of aromatic nitrogens is 4. The predicted octanol–water partition coefficient (Wildman–Crippen LogP) is 4.83. The number of aromatic amines is 1. The van der Waals surface area contributed by atoms with Crippen molar-refractivity contribution in [1.29, 1.82) is 0 Å². The van der Waals surface area contributed by atoms with Gasteiger partial charge in [0.25, 0.3) is 10.8 Å². The third kappa shape index (κ3) is 2.89. The largest absolute Gasteiger partial charge is 0.416 e. The maximum absolute atomic E-state index is 12.7. The van der Waals surface area contributed by atoms with Gasteiger partial charge in [0.15, 0.2) is 0 Å². The Morgan fingerprint density at radius 1 is 1.35 bits per heavy atom. The van der Waals surface area contributed by atoms with E-state index in [9.17, 15) is 4.79 Å². The van der Waals surface area contributed by atoms with Crippen LogP contribution in [0.4, 0.5) is 0 Å². The number of thiophene rings is 2. The zero-order chi connectivity index (χ0) is 17.7. The lowest BCUT2D eigenvalue weighted by Gasteiger charge is -2.07. The summed E-state index contributed by atoms with van der Waals surface area (Å²) in [6.45, 7) is 1.98. The Bertz CT molecular complexity index is 1120. The molecule has 1 aliphatic rings. The second kappa shape index (κ2) is 6.33. The summed E-state index contributed by atoms with van der Waals surface area (Å²) in [5, 5.41) is 13.3. The van der Waals surface area contributed by atoms with Crippen molar-refractivity contribution in [1.82, 2.24) is 20.2 Å². The molecule has 4 aromatic heterocycles. The number of rotatable bonds is 5. The van der Waals surface area contributed by atoms with Crippen LogP contribution >= 0.6 is 34.4 Å². The van der Waals surface area contributed by atoms with Crippen LogP contribution in [-0.2, 0) is 0 Å². The molecule has 1 N–H and O–H groups in total. The van der Waals surface area contributed by atoms with Crippen molar-refractivity contribution in [2.24, 2.45) is 0 Å². The summed E-state index contributed by atoms with van der Waals surface area (Å²) in [5.41, 5.74) is 0.845. The minimum Gasteiger partial charge on any atom is -0.416 e. The Balaban J connectivity index is 1.46. The molecule has 0 bridgehead atoms. The van der Waals surface area contributed by atoms with Crippen molar-refractivity contribution in [3.05, 3.63) is 45.0 Å². The predicted molar refractivity (Wildman–Crippen MR) is 104 cm³/mol. The minimum atomic E-state index is -0.105. The van der Waals surface area contributed by atoms with Crippen LogP contribution in [0.25, 0.3) is 20.7 Å². The van der Waals surface area contributed by atoms with Gasteiger partial charge in [-0.2, -0.15) is 0 Å². The summed E-state index contributed by atoms with van der Waals surface area (Å²) >= 11 is 4.53. The van der Waals surface area contributed by atoms with E-state index in [4.69, 9.17) is 4.42 Å². The van der Waals surface area contributed by atoms with E-state index in [1.165, 1.54) is 23.1 Å². The van der Waals surface area contributed by atoms with Crippen LogP contribution in [0.5, 0.6) is 0 Å². The number of hydrogen-bond donors (Lipinski definition) is 1. The summed E-state index contributed by atoms with van der Waals surface area (Å²) in [6, 6.07) is 4.00. The molecule has 1 fully saturated rings. The lowest BCUT2D eigenvalue weighted by Crippen LogP contribution is -2.12. The molecular formula is C17H14N4O2S3. The van der Waals surface area contributed by atoms with Gasteiger partial charge in [0.05, 0.1) is 10.6 Å². The lowest BCUT2D eigenvalue weighted by molar-refractivity contribution is 0.413. The first-order valence-electron chi connectivity index (χ1n) is 8.24. The fourth-order valence-corrected chi connectivity index (χ4v) is 5.26. The van der Waals surface area contributed by atoms with Gasteiger partial charge >= 0.3 is 0 Å². The van der Waals surface area contributed by atoms with Crippen LogP contribution in [0.3, 0.4) is 0 Å². The number of fused-ring (bicyclic) bond motifs is 1. The van der Waals surface area contributed by atoms with E-state index in [2.05, 4.69) is 20.2 Å². The zero-order valence-corrected chi connectivity index (χ0v) is 16.2. The Morgan fingerprint density at radius 3 is 3.00 bits per heavy atom. The highest BCUT2D eigenvalue weighted by atomic mass is 32.2. The second-order valence-electron chi connectivity index (χ2n) is 6.20. The first-order valence-corrected chi connectivity index (χ1v) is 10.9. The van der Waals surface area contributed by atoms with Gasteiger partial charge in [-0.1, -0.05) is 17.8 Å². The molecule has 4 aromatic rings. The van der Waals surface area contributed by atoms with Gasteiger partial charge in [0.1, 0.15) is 10.7 Å². The van der Waals surface area contributed by atoms with Gasteiger partial charge in [-0.25, -0.2) is 4.98 Å². The monoisotopic (exact) mass is 402 g/mol. The molecule has 0 aromatic carbocycles. The standard InChI is InChI=1S/C17H14N4O2S3/c1-8(26-17-21-20-15(23-17)9-4-5-9)13-18-14(22)12-10(7-25-16(12)19-13)11-3-2-6-24-11/h2-3,6-9H,4-5H2,1H3,(H,18,19,22)/t8-/m0/s1. The second-order valence-corrected chi connectivity index (χ2v) is 9.30. The highest BCUT2D eigenvalue weighted by Gasteiger charge is 2.30. The summed E-state index contributed by atoms with van der Waals surface area (Å²) in [6.07, 6.45) is 2.25. The van der Waals surface area contributed by atoms with Crippen molar-refractivity contribution in [2.75, 3.05) is 0 Å². The van der Waals surface area contributed by atoms with Gasteiger partial charge in [-0.05, 0) is 31.2 Å². The van der Waals surface area contributed by atoms with Crippen LogP contribution in [0.15, 0.2) is 37.3 Å². The molecule has 1 atom stereocenters. The topological polar surface area (TPSA) is 84.7 Å². The summed E-state index contributed by atoms with van der Waals surface area (Å²) < 4.78 is 5.70. The molecule has 0 amide bonds. The van der Waals surface area contributed by atoms with E-state index >= 15 is 0 Å². The molecule has 0 saturated heterocycles. The third-order valence-corrected chi connectivity index (χ3v) is 6.98. The molecular weight excluding hydrogens is 388 g/mol. The van der Waals surface area contributed by atoms with Gasteiger partial charge in [0, 0.05) is 21.7 Å². The van der Waals surface area contributed by atoms with E-state index in [0.29, 0.717) is 22.4 Å². The quantitative estimate of drug-likeness (QED) is 0.482. The van der Waals surface area contributed by atoms with Crippen LogP contribution in [0, 0.1) is 0 Å². The third-order valence-electron chi connectivity index (χ3n) is 4.26. The smallest absolute Gasteiger partial charge is 0.277 e. The highest BCUT2D eigenvalue weighted by molar-refractivity contribution is 7.99. The fraction of sp³-hybridized carbons (Fsp3) is 0.294. The minimum absolute atomic E-state index is 0.0908. The molecule has 1 saturated carbocycles. The van der Waals surface area contributed by atoms with Crippen LogP contribution in [0.2, 0.25) is 0 Å². The number of nitrogens with zero attached hydrogens (tertiary/aromatic N) is 3. The summed E-state index contributed by atoms with van der Waals surface area (Å²) in [7, 11) is 0. The van der Waals surface area contributed by atoms with Crippen molar-refractivity contribution >= 4 is 44.7 Å². The van der Waals surface area contributed by atoms with Crippen molar-refractivity contribution in [3.63, 3.8) is 0 Å². The van der Waals surface area contributed by atoms with E-state index in [-0.39, 0.29) is 10.8 Å². The van der Waals surface area contributed by atoms with E-state index in [0.717, 1.165) is 34.0 Å². The van der Waals surface area contributed by atoms with Crippen LogP contribution in [-0.4, -0.2) is 20.2 Å². The normalized spacial score (nSPS) is 15.6. The molecule has 0 aliphatic heterocycles. The summed E-state index contributed by atoms with van der Waals surface area (Å²) in [5.74, 6) is 1.77. The average molecular weight is 403 g/mol. The molecule has 1 aliphatic carbocycles. The van der Waals surface area contributed by atoms with Gasteiger partial charge in [0.2, 0.25) is 5.89 Å². The maximum Gasteiger partial charge on any atom is 0.277 e. The number of H-pyrrole nitrogens is 1. The first kappa shape index (κ1) is 16.2. The van der Waals surface area contributed by atoms with Crippen molar-refractivity contribution in [2.45, 2.75) is 36.2 Å². The number of nitrogens with one attached hydrogen (secondary N) is 1. The van der Waals surface area contributed by atoms with Crippen molar-refractivity contribution in [3.8, 4) is 10.4 Å². The van der Waals surface area contributed by atoms with Crippen LogP contribution in [0.1, 0.15) is 42.6 Å². The fourth-order valence-electron chi connectivity index (χ4n) is 2.74. The van der Waals surface area contributed by atoms with Gasteiger partial charge in [-0.3, -0.25) is 4.79 Å². The highest BCUT2D eigenvalue weighted by Crippen LogP contribution is 2.41. The van der Waals surface area contributed by atoms with E-state index in [1.807, 2.05) is 29.8 Å². The Kier molecular flexibility index (Phi) is 3.95. The molecule has 6 nitrogen and oxygen atoms in total. The zero-order valence-electron chi connectivity index (χ0n) is 13.8. The first-order chi connectivity index (χ1) is 12.7. The molecule has 9 heteroatoms. The maximum atomic E-state index is 12.7. The lowest BCUT2D eigenvalue weighted by atomic mass is 10.2. The molecule has 4 heterocycles. The van der Waals surface area contributed by atoms with Crippen molar-refractivity contribution < 1.29 is 4.42 Å². The molecule has 26 heavy (non-hydrogen) atoms. The summed E-state index contributed by atoms with van der Waals surface area (Å²) in [4.78, 5) is 22.1. The Morgan fingerprint density at radius 2 is 2.23 bits per heavy atom. The van der Waals surface area contributed by atoms with E-state index in [1.54, 1.807) is 11.3 Å². The Hall–Kier alpha value is -1.97. The molecule has 5 rings (SSSR count). The van der Waals surface area contributed by atoms with Gasteiger partial charge < -0.3 is 9.40 Å².